The fourth-order valence-corrected chi connectivity index (χ4v) is 3.56. The van der Waals surface area contributed by atoms with Crippen LogP contribution in [0.15, 0.2) is 12.3 Å². The maximum atomic E-state index is 5.96. The Morgan fingerprint density at radius 2 is 2.25 bits per heavy atom. The van der Waals surface area contributed by atoms with Crippen molar-refractivity contribution in [2.24, 2.45) is 5.41 Å². The lowest BCUT2D eigenvalue weighted by atomic mass is 9.92. The second-order valence-corrected chi connectivity index (χ2v) is 7.13. The van der Waals surface area contributed by atoms with E-state index < -0.39 is 0 Å². The van der Waals surface area contributed by atoms with E-state index >= 15 is 0 Å². The van der Waals surface area contributed by atoms with Crippen LogP contribution in [0.25, 0.3) is 11.2 Å². The molecule has 0 saturated heterocycles. The Bertz CT molecular complexity index is 630. The topological polar surface area (TPSA) is 30.7 Å². The summed E-state index contributed by atoms with van der Waals surface area (Å²) in [7, 11) is 0. The molecular formula is C16H22ClN3. The first kappa shape index (κ1) is 13.9. The summed E-state index contributed by atoms with van der Waals surface area (Å²) in [6.07, 6.45) is 6.43. The second-order valence-electron chi connectivity index (χ2n) is 6.75. The summed E-state index contributed by atoms with van der Waals surface area (Å²) in [5, 5.41) is 0. The first-order valence-corrected chi connectivity index (χ1v) is 7.93. The minimum Gasteiger partial charge on any atom is -0.310 e. The van der Waals surface area contributed by atoms with Crippen molar-refractivity contribution >= 4 is 22.8 Å². The predicted molar refractivity (Wildman–Crippen MR) is 83.4 cm³/mol. The van der Waals surface area contributed by atoms with E-state index in [0.29, 0.717) is 17.3 Å². The highest BCUT2D eigenvalue weighted by Crippen LogP contribution is 2.44. The van der Waals surface area contributed by atoms with Crippen LogP contribution in [0.4, 0.5) is 0 Å². The summed E-state index contributed by atoms with van der Waals surface area (Å²) < 4.78 is 2.35. The number of fused-ring (bicyclic) bond motifs is 1. The molecule has 1 aliphatic rings. The van der Waals surface area contributed by atoms with Crippen LogP contribution in [0.5, 0.6) is 0 Å². The zero-order valence-corrected chi connectivity index (χ0v) is 13.2. The molecule has 0 N–H and O–H groups in total. The predicted octanol–water partition coefficient (Wildman–Crippen LogP) is 4.27. The summed E-state index contributed by atoms with van der Waals surface area (Å²) in [6, 6.07) is 2.64. The van der Waals surface area contributed by atoms with Gasteiger partial charge >= 0.3 is 0 Å². The van der Waals surface area contributed by atoms with Gasteiger partial charge in [0.25, 0.3) is 0 Å². The quantitative estimate of drug-likeness (QED) is 0.791. The molecule has 1 atom stereocenters. The van der Waals surface area contributed by atoms with Gasteiger partial charge in [-0.25, -0.2) is 9.97 Å². The standard InChI is InChI=1S/C16H22ClN3/c1-11-8-13-15(18-10-11)20(14(19-13)5-7-17)12-4-6-16(2,3)9-12/h8,10,12H,4-7,9H2,1-3H3. The van der Waals surface area contributed by atoms with E-state index in [9.17, 15) is 0 Å². The minimum atomic E-state index is 0.421. The molecule has 0 radical (unpaired) electrons. The van der Waals surface area contributed by atoms with E-state index in [0.717, 1.165) is 29.0 Å². The molecule has 2 heterocycles. The van der Waals surface area contributed by atoms with Crippen molar-refractivity contribution < 1.29 is 0 Å². The fraction of sp³-hybridized carbons (Fsp3) is 0.625. The summed E-state index contributed by atoms with van der Waals surface area (Å²) >= 11 is 5.96. The largest absolute Gasteiger partial charge is 0.310 e. The highest BCUT2D eigenvalue weighted by molar-refractivity contribution is 6.17. The third-order valence-electron chi connectivity index (χ3n) is 4.37. The van der Waals surface area contributed by atoms with Gasteiger partial charge < -0.3 is 4.57 Å². The molecule has 1 saturated carbocycles. The molecule has 0 spiro atoms. The van der Waals surface area contributed by atoms with Gasteiger partial charge in [0.15, 0.2) is 5.65 Å². The van der Waals surface area contributed by atoms with Gasteiger partial charge in [-0.05, 0) is 43.2 Å². The molecule has 4 heteroatoms. The van der Waals surface area contributed by atoms with Crippen molar-refractivity contribution in [2.75, 3.05) is 5.88 Å². The molecule has 2 aromatic rings. The number of alkyl halides is 1. The van der Waals surface area contributed by atoms with Crippen LogP contribution in [0.1, 0.15) is 50.5 Å². The van der Waals surface area contributed by atoms with Gasteiger partial charge in [-0.3, -0.25) is 0 Å². The molecule has 1 unspecified atom stereocenters. The zero-order chi connectivity index (χ0) is 14.3. The third-order valence-corrected chi connectivity index (χ3v) is 4.55. The van der Waals surface area contributed by atoms with Crippen molar-refractivity contribution in [3.05, 3.63) is 23.7 Å². The summed E-state index contributed by atoms with van der Waals surface area (Å²) in [5.74, 6) is 1.70. The number of aryl methyl sites for hydroxylation is 2. The van der Waals surface area contributed by atoms with Crippen LogP contribution in [0, 0.1) is 12.3 Å². The van der Waals surface area contributed by atoms with Gasteiger partial charge in [0, 0.05) is 24.5 Å². The number of halogens is 1. The van der Waals surface area contributed by atoms with Crippen molar-refractivity contribution in [3.63, 3.8) is 0 Å². The van der Waals surface area contributed by atoms with Crippen LogP contribution >= 0.6 is 11.6 Å². The molecule has 3 rings (SSSR count). The Hall–Kier alpha value is -1.09. The highest BCUT2D eigenvalue weighted by Gasteiger charge is 2.33. The molecule has 108 valence electrons. The average molecular weight is 292 g/mol. The smallest absolute Gasteiger partial charge is 0.160 e. The molecule has 3 nitrogen and oxygen atoms in total. The number of imidazole rings is 1. The molecule has 2 aromatic heterocycles. The summed E-state index contributed by atoms with van der Waals surface area (Å²) in [5.41, 5.74) is 3.61. The normalized spacial score (nSPS) is 21.7. The highest BCUT2D eigenvalue weighted by atomic mass is 35.5. The number of rotatable bonds is 3. The van der Waals surface area contributed by atoms with E-state index in [1.54, 1.807) is 0 Å². The molecule has 20 heavy (non-hydrogen) atoms. The van der Waals surface area contributed by atoms with Gasteiger partial charge in [-0.2, -0.15) is 0 Å². The van der Waals surface area contributed by atoms with Crippen molar-refractivity contribution in [2.45, 2.75) is 52.5 Å². The number of pyridine rings is 1. The van der Waals surface area contributed by atoms with E-state index in [4.69, 9.17) is 16.6 Å². The molecule has 1 fully saturated rings. The first-order chi connectivity index (χ1) is 9.50. The Labute approximate surface area is 125 Å². The molecule has 0 aromatic carbocycles. The lowest BCUT2D eigenvalue weighted by Crippen LogP contribution is -2.13. The number of hydrogen-bond donors (Lipinski definition) is 0. The molecule has 1 aliphatic carbocycles. The molecule has 0 amide bonds. The first-order valence-electron chi connectivity index (χ1n) is 7.39. The number of nitrogens with zero attached hydrogens (tertiary/aromatic N) is 3. The molecular weight excluding hydrogens is 270 g/mol. The van der Waals surface area contributed by atoms with E-state index in [1.165, 1.54) is 19.3 Å². The van der Waals surface area contributed by atoms with Crippen LogP contribution in [0.3, 0.4) is 0 Å². The molecule has 0 aliphatic heterocycles. The van der Waals surface area contributed by atoms with Crippen LogP contribution < -0.4 is 0 Å². The van der Waals surface area contributed by atoms with E-state index in [1.807, 2.05) is 6.20 Å². The molecule has 0 bridgehead atoms. The minimum absolute atomic E-state index is 0.421. The number of hydrogen-bond acceptors (Lipinski definition) is 2. The second kappa shape index (κ2) is 5.03. The zero-order valence-electron chi connectivity index (χ0n) is 12.5. The number of aromatic nitrogens is 3. The van der Waals surface area contributed by atoms with Crippen molar-refractivity contribution in [3.8, 4) is 0 Å². The van der Waals surface area contributed by atoms with Gasteiger partial charge in [0.2, 0.25) is 0 Å². The van der Waals surface area contributed by atoms with Crippen LogP contribution in [-0.2, 0) is 6.42 Å². The monoisotopic (exact) mass is 291 g/mol. The summed E-state index contributed by atoms with van der Waals surface area (Å²) in [6.45, 7) is 6.77. The van der Waals surface area contributed by atoms with E-state index in [2.05, 4.69) is 36.4 Å². The lowest BCUT2D eigenvalue weighted by molar-refractivity contribution is 0.358. The van der Waals surface area contributed by atoms with Gasteiger partial charge in [-0.15, -0.1) is 11.6 Å². The van der Waals surface area contributed by atoms with Crippen molar-refractivity contribution in [1.29, 1.82) is 0 Å². The van der Waals surface area contributed by atoms with Gasteiger partial charge in [0.05, 0.1) is 0 Å². The Morgan fingerprint density at radius 3 is 2.90 bits per heavy atom. The van der Waals surface area contributed by atoms with E-state index in [-0.39, 0.29) is 0 Å². The van der Waals surface area contributed by atoms with Crippen LogP contribution in [-0.4, -0.2) is 20.4 Å². The Kier molecular flexibility index (Phi) is 3.49. The Morgan fingerprint density at radius 1 is 1.45 bits per heavy atom. The average Bonchev–Trinajstić information content (AvgIpc) is 2.89. The van der Waals surface area contributed by atoms with Gasteiger partial charge in [0.1, 0.15) is 11.3 Å². The van der Waals surface area contributed by atoms with Crippen LogP contribution in [0.2, 0.25) is 0 Å². The summed E-state index contributed by atoms with van der Waals surface area (Å²) in [4.78, 5) is 9.40. The lowest BCUT2D eigenvalue weighted by Gasteiger charge is -2.19. The third kappa shape index (κ3) is 2.44. The fourth-order valence-electron chi connectivity index (χ4n) is 3.39. The van der Waals surface area contributed by atoms with Gasteiger partial charge in [-0.1, -0.05) is 13.8 Å². The Balaban J connectivity index is 2.09. The van der Waals surface area contributed by atoms with Crippen molar-refractivity contribution in [1.82, 2.24) is 14.5 Å². The SMILES string of the molecule is Cc1cnc2c(c1)nc(CCCl)n2C1CCC(C)(C)C1. The maximum Gasteiger partial charge on any atom is 0.160 e. The maximum absolute atomic E-state index is 5.96.